The van der Waals surface area contributed by atoms with Crippen LogP contribution in [0, 0.1) is 0 Å². The molecule has 2 aliphatic rings. The molecule has 2 unspecified atom stereocenters. The molecule has 0 radical (unpaired) electrons. The minimum absolute atomic E-state index is 0.0490. The number of aromatic nitrogens is 2. The van der Waals surface area contributed by atoms with Crippen LogP contribution in [0.5, 0.6) is 0 Å². The molecule has 1 aromatic carbocycles. The van der Waals surface area contributed by atoms with E-state index in [0.29, 0.717) is 17.7 Å². The van der Waals surface area contributed by atoms with Gasteiger partial charge in [0.2, 0.25) is 29.5 Å². The molecule has 7 heteroatoms. The summed E-state index contributed by atoms with van der Waals surface area (Å²) in [4.78, 5) is 36.6. The van der Waals surface area contributed by atoms with Crippen molar-refractivity contribution in [2.45, 2.75) is 25.6 Å². The molecule has 0 saturated heterocycles. The summed E-state index contributed by atoms with van der Waals surface area (Å²) >= 11 is 0. The predicted octanol–water partition coefficient (Wildman–Crippen LogP) is 1.14. The average molecular weight is 351 g/mol. The first kappa shape index (κ1) is 16.5. The molecule has 1 aliphatic carbocycles. The second kappa shape index (κ2) is 6.42. The third kappa shape index (κ3) is 2.43. The SMILES string of the molecule is COCN1C(C)=[N+](Cc2cnccn2)C2C(=O)c3ccccc3C(=O)C21. The number of amidine groups is 1. The molecule has 0 fully saturated rings. The number of rotatable bonds is 4. The Bertz CT molecular complexity index is 910. The first-order valence-corrected chi connectivity index (χ1v) is 8.41. The van der Waals surface area contributed by atoms with Gasteiger partial charge in [-0.25, -0.2) is 9.48 Å². The first-order valence-electron chi connectivity index (χ1n) is 8.41. The minimum Gasteiger partial charge on any atom is -0.345 e. The Kier molecular flexibility index (Phi) is 4.08. The van der Waals surface area contributed by atoms with Crippen LogP contribution in [-0.4, -0.2) is 62.8 Å². The highest BCUT2D eigenvalue weighted by atomic mass is 16.5. The summed E-state index contributed by atoms with van der Waals surface area (Å²) in [5.74, 6) is 0.720. The third-order valence-electron chi connectivity index (χ3n) is 5.01. The summed E-state index contributed by atoms with van der Waals surface area (Å²) in [7, 11) is 1.58. The van der Waals surface area contributed by atoms with E-state index < -0.39 is 12.1 Å². The van der Waals surface area contributed by atoms with Gasteiger partial charge >= 0.3 is 0 Å². The molecule has 0 amide bonds. The third-order valence-corrected chi connectivity index (χ3v) is 5.01. The van der Waals surface area contributed by atoms with Crippen LogP contribution in [0.15, 0.2) is 42.9 Å². The van der Waals surface area contributed by atoms with Gasteiger partial charge in [0.15, 0.2) is 6.73 Å². The molecule has 26 heavy (non-hydrogen) atoms. The molecule has 1 aromatic heterocycles. The normalized spacial score (nSPS) is 21.8. The summed E-state index contributed by atoms with van der Waals surface area (Å²) in [6.45, 7) is 2.55. The fourth-order valence-electron chi connectivity index (χ4n) is 3.82. The zero-order valence-corrected chi connectivity index (χ0v) is 14.6. The summed E-state index contributed by atoms with van der Waals surface area (Å²) in [5.41, 5.74) is 1.70. The van der Waals surface area contributed by atoms with Gasteiger partial charge in [0.1, 0.15) is 6.54 Å². The standard InChI is InChI=1S/C19H19N4O3/c1-12-22(10-13-9-20-7-8-21-13)16-17(23(12)11-26-2)19(25)15-6-4-3-5-14(15)18(16)24/h3-9,16-17H,10-11H2,1-2H3/q+1. The second-order valence-corrected chi connectivity index (χ2v) is 6.42. The average Bonchev–Trinajstić information content (AvgIpc) is 2.94. The largest absolute Gasteiger partial charge is 0.345 e. The molecule has 2 aromatic rings. The molecule has 132 valence electrons. The van der Waals surface area contributed by atoms with E-state index in [2.05, 4.69) is 9.97 Å². The van der Waals surface area contributed by atoms with E-state index in [0.717, 1.165) is 11.5 Å². The predicted molar refractivity (Wildman–Crippen MR) is 93.1 cm³/mol. The molecule has 0 N–H and O–H groups in total. The van der Waals surface area contributed by atoms with Gasteiger partial charge < -0.3 is 4.74 Å². The molecule has 1 aliphatic heterocycles. The Labute approximate surface area is 151 Å². The highest BCUT2D eigenvalue weighted by molar-refractivity contribution is 6.20. The number of hydrogen-bond acceptors (Lipinski definition) is 6. The lowest BCUT2D eigenvalue weighted by atomic mass is 9.82. The van der Waals surface area contributed by atoms with E-state index in [9.17, 15) is 9.59 Å². The molecule has 7 nitrogen and oxygen atoms in total. The van der Waals surface area contributed by atoms with Crippen molar-refractivity contribution in [3.63, 3.8) is 0 Å². The van der Waals surface area contributed by atoms with Crippen LogP contribution in [0.2, 0.25) is 0 Å². The molecule has 0 spiro atoms. The van der Waals surface area contributed by atoms with E-state index in [-0.39, 0.29) is 18.3 Å². The Morgan fingerprint density at radius 3 is 2.54 bits per heavy atom. The van der Waals surface area contributed by atoms with Gasteiger partial charge in [0, 0.05) is 37.6 Å². The molecular formula is C19H19N4O3+. The number of hydrogen-bond donors (Lipinski definition) is 0. The Morgan fingerprint density at radius 1 is 1.15 bits per heavy atom. The molecule has 2 heterocycles. The smallest absolute Gasteiger partial charge is 0.247 e. The minimum atomic E-state index is -0.589. The van der Waals surface area contributed by atoms with Crippen LogP contribution in [0.4, 0.5) is 0 Å². The maximum atomic E-state index is 13.2. The summed E-state index contributed by atoms with van der Waals surface area (Å²) in [6, 6.07) is 5.84. The summed E-state index contributed by atoms with van der Waals surface area (Å²) in [5, 5.41) is 0. The zero-order chi connectivity index (χ0) is 18.3. The number of methoxy groups -OCH3 is 1. The lowest BCUT2D eigenvalue weighted by molar-refractivity contribution is -0.559. The van der Waals surface area contributed by atoms with Crippen LogP contribution in [0.3, 0.4) is 0 Å². The Balaban J connectivity index is 1.81. The maximum Gasteiger partial charge on any atom is 0.247 e. The molecular weight excluding hydrogens is 332 g/mol. The lowest BCUT2D eigenvalue weighted by Crippen LogP contribution is -2.53. The number of carbonyl (C=O) groups is 2. The van der Waals surface area contributed by atoms with E-state index in [1.165, 1.54) is 0 Å². The summed E-state index contributed by atoms with van der Waals surface area (Å²) < 4.78 is 7.24. The summed E-state index contributed by atoms with van der Waals surface area (Å²) in [6.07, 6.45) is 4.90. The van der Waals surface area contributed by atoms with Crippen LogP contribution in [0.25, 0.3) is 0 Å². The zero-order valence-electron chi connectivity index (χ0n) is 14.6. The fraction of sp³-hybridized carbons (Fsp3) is 0.316. The van der Waals surface area contributed by atoms with Crippen LogP contribution < -0.4 is 0 Å². The van der Waals surface area contributed by atoms with Gasteiger partial charge in [0.25, 0.3) is 0 Å². The van der Waals surface area contributed by atoms with Crippen molar-refractivity contribution >= 4 is 17.4 Å². The molecule has 0 bridgehead atoms. The second-order valence-electron chi connectivity index (χ2n) is 6.42. The van der Waals surface area contributed by atoms with Crippen molar-refractivity contribution in [3.8, 4) is 0 Å². The monoisotopic (exact) mass is 351 g/mol. The molecule has 4 rings (SSSR count). The van der Waals surface area contributed by atoms with Gasteiger partial charge in [-0.3, -0.25) is 19.6 Å². The quantitative estimate of drug-likeness (QED) is 0.769. The number of Topliss-reactive ketones (excluding diaryl/α,β-unsaturated/α-hetero) is 2. The number of fused-ring (bicyclic) bond motifs is 2. The van der Waals surface area contributed by atoms with Crippen molar-refractivity contribution < 1.29 is 18.9 Å². The number of carbonyl (C=O) groups excluding carboxylic acids is 2. The molecule has 0 saturated carbocycles. The van der Waals surface area contributed by atoms with Crippen LogP contribution in [0.1, 0.15) is 33.3 Å². The van der Waals surface area contributed by atoms with Gasteiger partial charge in [-0.2, -0.15) is 0 Å². The highest BCUT2D eigenvalue weighted by Crippen LogP contribution is 2.31. The van der Waals surface area contributed by atoms with E-state index in [1.807, 2.05) is 16.4 Å². The number of benzene rings is 1. The van der Waals surface area contributed by atoms with Gasteiger partial charge in [-0.15, -0.1) is 0 Å². The van der Waals surface area contributed by atoms with E-state index >= 15 is 0 Å². The van der Waals surface area contributed by atoms with Crippen molar-refractivity contribution in [2.75, 3.05) is 13.8 Å². The Hall–Kier alpha value is -2.93. The fourth-order valence-corrected chi connectivity index (χ4v) is 3.82. The highest BCUT2D eigenvalue weighted by Gasteiger charge is 2.57. The van der Waals surface area contributed by atoms with Crippen molar-refractivity contribution in [1.82, 2.24) is 14.9 Å². The van der Waals surface area contributed by atoms with E-state index in [4.69, 9.17) is 4.74 Å². The van der Waals surface area contributed by atoms with Gasteiger partial charge in [-0.1, -0.05) is 24.3 Å². The van der Waals surface area contributed by atoms with Gasteiger partial charge in [0.05, 0.1) is 11.9 Å². The molecule has 2 atom stereocenters. The topological polar surface area (TPSA) is 75.4 Å². The van der Waals surface area contributed by atoms with Crippen molar-refractivity contribution in [3.05, 3.63) is 59.7 Å². The number of nitrogens with zero attached hydrogens (tertiary/aromatic N) is 4. The van der Waals surface area contributed by atoms with Gasteiger partial charge in [-0.05, 0) is 0 Å². The lowest BCUT2D eigenvalue weighted by Gasteiger charge is -2.26. The number of ether oxygens (including phenoxy) is 1. The van der Waals surface area contributed by atoms with Crippen LogP contribution >= 0.6 is 0 Å². The van der Waals surface area contributed by atoms with Crippen molar-refractivity contribution in [2.24, 2.45) is 0 Å². The van der Waals surface area contributed by atoms with Crippen LogP contribution in [-0.2, 0) is 11.3 Å². The Morgan fingerprint density at radius 2 is 1.88 bits per heavy atom. The number of ketones is 2. The first-order chi connectivity index (χ1) is 12.6. The maximum absolute atomic E-state index is 13.2. The van der Waals surface area contributed by atoms with Crippen molar-refractivity contribution in [1.29, 1.82) is 0 Å². The van der Waals surface area contributed by atoms with E-state index in [1.54, 1.807) is 50.0 Å².